The highest BCUT2D eigenvalue weighted by atomic mass is 32.2. The van der Waals surface area contributed by atoms with Gasteiger partial charge in [-0.3, -0.25) is 4.68 Å². The topological polar surface area (TPSA) is 78.0 Å². The number of rotatable bonds is 6. The van der Waals surface area contributed by atoms with Crippen molar-refractivity contribution in [3.63, 3.8) is 0 Å². The molecule has 0 unspecified atom stereocenters. The van der Waals surface area contributed by atoms with Gasteiger partial charge < -0.3 is 5.73 Å². The Kier molecular flexibility index (Phi) is 4.88. The molecule has 0 aromatic carbocycles. The van der Waals surface area contributed by atoms with Crippen LogP contribution in [0.4, 0.5) is 5.69 Å². The summed E-state index contributed by atoms with van der Waals surface area (Å²) in [4.78, 5) is 0. The summed E-state index contributed by atoms with van der Waals surface area (Å²) in [6, 6.07) is 0. The highest BCUT2D eigenvalue weighted by Crippen LogP contribution is 2.27. The highest BCUT2D eigenvalue weighted by Gasteiger charge is 2.13. The zero-order chi connectivity index (χ0) is 13.1. The van der Waals surface area contributed by atoms with Crippen LogP contribution >= 0.6 is 11.8 Å². The highest BCUT2D eigenvalue weighted by molar-refractivity contribution is 8.00. The third-order valence-corrected chi connectivity index (χ3v) is 4.57. The molecule has 0 aliphatic rings. The fraction of sp³-hybridized carbons (Fsp3) is 0.700. The van der Waals surface area contributed by atoms with Crippen molar-refractivity contribution >= 4 is 27.3 Å². The molecular formula is C10H19N3O2S2. The summed E-state index contributed by atoms with van der Waals surface area (Å²) >= 11 is 1.46. The van der Waals surface area contributed by atoms with E-state index in [0.717, 1.165) is 23.7 Å². The Bertz CT molecular complexity index is 480. The molecule has 0 aliphatic carbocycles. The van der Waals surface area contributed by atoms with Crippen molar-refractivity contribution in [2.75, 3.05) is 23.5 Å². The van der Waals surface area contributed by atoms with Gasteiger partial charge in [0.1, 0.15) is 14.9 Å². The van der Waals surface area contributed by atoms with Crippen LogP contribution in [0.5, 0.6) is 0 Å². The van der Waals surface area contributed by atoms with Gasteiger partial charge in [0.15, 0.2) is 0 Å². The van der Waals surface area contributed by atoms with Crippen molar-refractivity contribution in [2.24, 2.45) is 0 Å². The van der Waals surface area contributed by atoms with Gasteiger partial charge >= 0.3 is 0 Å². The first-order valence-corrected chi connectivity index (χ1v) is 8.53. The van der Waals surface area contributed by atoms with E-state index in [1.54, 1.807) is 0 Å². The molecule has 1 aromatic rings. The maximum absolute atomic E-state index is 11.1. The molecular weight excluding hydrogens is 258 g/mol. The van der Waals surface area contributed by atoms with Crippen molar-refractivity contribution in [3.8, 4) is 0 Å². The second-order valence-electron chi connectivity index (χ2n) is 4.01. The molecule has 0 spiro atoms. The number of nitrogen functional groups attached to an aromatic ring is 1. The molecule has 0 atom stereocenters. The summed E-state index contributed by atoms with van der Waals surface area (Å²) in [5.41, 5.74) is 7.40. The van der Waals surface area contributed by atoms with Gasteiger partial charge in [-0.25, -0.2) is 8.42 Å². The number of hydrogen-bond donors (Lipinski definition) is 1. The quantitative estimate of drug-likeness (QED) is 0.793. The van der Waals surface area contributed by atoms with E-state index in [2.05, 4.69) is 12.0 Å². The van der Waals surface area contributed by atoms with Crippen LogP contribution in [-0.4, -0.2) is 36.0 Å². The smallest absolute Gasteiger partial charge is 0.148 e. The monoisotopic (exact) mass is 277 g/mol. The molecule has 0 radical (unpaired) electrons. The van der Waals surface area contributed by atoms with Gasteiger partial charge in [-0.1, -0.05) is 6.92 Å². The molecule has 0 aliphatic heterocycles. The minimum Gasteiger partial charge on any atom is -0.395 e. The van der Waals surface area contributed by atoms with Crippen LogP contribution in [0.1, 0.15) is 19.0 Å². The summed E-state index contributed by atoms with van der Waals surface area (Å²) in [6.07, 6.45) is 2.21. The Balaban J connectivity index is 2.75. The lowest BCUT2D eigenvalue weighted by molar-refractivity contribution is 0.556. The number of nitrogens with zero attached hydrogens (tertiary/aromatic N) is 2. The van der Waals surface area contributed by atoms with Crippen LogP contribution in [0.25, 0.3) is 0 Å². The average Bonchev–Trinajstić information content (AvgIpc) is 2.44. The summed E-state index contributed by atoms with van der Waals surface area (Å²) in [7, 11) is -2.92. The van der Waals surface area contributed by atoms with Crippen molar-refractivity contribution in [1.82, 2.24) is 9.78 Å². The van der Waals surface area contributed by atoms with Gasteiger partial charge in [0.25, 0.3) is 0 Å². The van der Waals surface area contributed by atoms with Gasteiger partial charge in [-0.05, 0) is 13.3 Å². The fourth-order valence-corrected chi connectivity index (χ4v) is 3.70. The van der Waals surface area contributed by atoms with Crippen LogP contribution in [-0.2, 0) is 16.4 Å². The van der Waals surface area contributed by atoms with E-state index in [4.69, 9.17) is 5.73 Å². The van der Waals surface area contributed by atoms with Crippen molar-refractivity contribution in [1.29, 1.82) is 0 Å². The van der Waals surface area contributed by atoms with Crippen LogP contribution in [0.15, 0.2) is 5.03 Å². The van der Waals surface area contributed by atoms with E-state index in [1.807, 2.05) is 11.6 Å². The standard InChI is InChI=1S/C10H19N3O2S2/c1-4-5-13-10(9(11)8(2)12-13)16-6-7-17(3,14)15/h4-7,11H2,1-3H3. The molecule has 1 heterocycles. The van der Waals surface area contributed by atoms with Gasteiger partial charge in [-0.15, -0.1) is 11.8 Å². The molecule has 0 bridgehead atoms. The van der Waals surface area contributed by atoms with E-state index < -0.39 is 9.84 Å². The van der Waals surface area contributed by atoms with Crippen LogP contribution in [0, 0.1) is 6.92 Å². The maximum Gasteiger partial charge on any atom is 0.148 e. The van der Waals surface area contributed by atoms with Gasteiger partial charge in [-0.2, -0.15) is 5.10 Å². The van der Waals surface area contributed by atoms with Gasteiger partial charge in [0.05, 0.1) is 17.1 Å². The summed E-state index contributed by atoms with van der Waals surface area (Å²) in [5, 5.41) is 5.22. The zero-order valence-electron chi connectivity index (χ0n) is 10.4. The second kappa shape index (κ2) is 5.77. The summed E-state index contributed by atoms with van der Waals surface area (Å²) < 4.78 is 24.0. The minimum atomic E-state index is -2.92. The van der Waals surface area contributed by atoms with Gasteiger partial charge in [0.2, 0.25) is 0 Å². The molecule has 0 fully saturated rings. The number of anilines is 1. The molecule has 5 nitrogen and oxygen atoms in total. The Morgan fingerprint density at radius 3 is 2.65 bits per heavy atom. The Morgan fingerprint density at radius 2 is 2.12 bits per heavy atom. The maximum atomic E-state index is 11.1. The number of aromatic nitrogens is 2. The molecule has 1 rings (SSSR count). The van der Waals surface area contributed by atoms with Crippen molar-refractivity contribution in [3.05, 3.63) is 5.69 Å². The first-order chi connectivity index (χ1) is 7.85. The lowest BCUT2D eigenvalue weighted by Crippen LogP contribution is -2.07. The van der Waals surface area contributed by atoms with Crippen LogP contribution in [0.2, 0.25) is 0 Å². The van der Waals surface area contributed by atoms with Gasteiger partial charge in [0, 0.05) is 18.6 Å². The molecule has 7 heteroatoms. The van der Waals surface area contributed by atoms with E-state index >= 15 is 0 Å². The molecule has 0 saturated carbocycles. The normalized spacial score (nSPS) is 11.9. The zero-order valence-corrected chi connectivity index (χ0v) is 12.1. The van der Waals surface area contributed by atoms with Crippen LogP contribution < -0.4 is 5.73 Å². The minimum absolute atomic E-state index is 0.160. The predicted molar refractivity (Wildman–Crippen MR) is 72.1 cm³/mol. The molecule has 0 saturated heterocycles. The molecule has 98 valence electrons. The third kappa shape index (κ3) is 4.23. The van der Waals surface area contributed by atoms with Crippen LogP contribution in [0.3, 0.4) is 0 Å². The summed E-state index contributed by atoms with van der Waals surface area (Å²) in [6.45, 7) is 4.74. The third-order valence-electron chi connectivity index (χ3n) is 2.25. The van der Waals surface area contributed by atoms with Crippen molar-refractivity contribution in [2.45, 2.75) is 31.8 Å². The molecule has 1 aromatic heterocycles. The van der Waals surface area contributed by atoms with E-state index in [0.29, 0.717) is 11.4 Å². The number of aryl methyl sites for hydroxylation is 2. The first-order valence-electron chi connectivity index (χ1n) is 5.48. The number of hydrogen-bond acceptors (Lipinski definition) is 5. The average molecular weight is 277 g/mol. The number of thioether (sulfide) groups is 1. The van der Waals surface area contributed by atoms with E-state index in [1.165, 1.54) is 18.0 Å². The lowest BCUT2D eigenvalue weighted by Gasteiger charge is -2.06. The molecule has 0 amide bonds. The predicted octanol–water partition coefficient (Wildman–Crippen LogP) is 1.32. The SMILES string of the molecule is CCCn1nc(C)c(N)c1SCCS(C)(=O)=O. The fourth-order valence-electron chi connectivity index (χ4n) is 1.38. The summed E-state index contributed by atoms with van der Waals surface area (Å²) in [5.74, 6) is 0.672. The van der Waals surface area contributed by atoms with E-state index in [9.17, 15) is 8.42 Å². The largest absolute Gasteiger partial charge is 0.395 e. The second-order valence-corrected chi connectivity index (χ2v) is 7.35. The molecule has 17 heavy (non-hydrogen) atoms. The van der Waals surface area contributed by atoms with E-state index in [-0.39, 0.29) is 5.75 Å². The Morgan fingerprint density at radius 1 is 1.47 bits per heavy atom. The number of sulfone groups is 1. The Labute approximate surface area is 107 Å². The first kappa shape index (κ1) is 14.4. The Hall–Kier alpha value is -0.690. The molecule has 2 N–H and O–H groups in total. The van der Waals surface area contributed by atoms with Crippen molar-refractivity contribution < 1.29 is 8.42 Å². The number of nitrogens with two attached hydrogens (primary N) is 1. The lowest BCUT2D eigenvalue weighted by atomic mass is 10.4.